The summed E-state index contributed by atoms with van der Waals surface area (Å²) in [7, 11) is 0. The van der Waals surface area contributed by atoms with Gasteiger partial charge in [-0.2, -0.15) is 13.2 Å². The van der Waals surface area contributed by atoms with Crippen molar-refractivity contribution in [1.29, 1.82) is 0 Å². The Morgan fingerprint density at radius 1 is 1.14 bits per heavy atom. The van der Waals surface area contributed by atoms with Gasteiger partial charge < -0.3 is 10.2 Å². The molecule has 1 amide bonds. The molecule has 1 aromatic carbocycles. The van der Waals surface area contributed by atoms with Gasteiger partial charge in [0, 0.05) is 19.6 Å². The third-order valence-corrected chi connectivity index (χ3v) is 3.33. The number of carbonyl (C=O) groups is 1. The van der Waals surface area contributed by atoms with Crippen LogP contribution in [0.25, 0.3) is 0 Å². The van der Waals surface area contributed by atoms with E-state index < -0.39 is 11.7 Å². The van der Waals surface area contributed by atoms with Crippen LogP contribution in [-0.4, -0.2) is 37.0 Å². The summed E-state index contributed by atoms with van der Waals surface area (Å²) in [4.78, 5) is 13.8. The SMILES string of the molecule is Cl.O=C(Cc1ccc(C(F)(F)F)cc1)N1CCCNCC1. The summed E-state index contributed by atoms with van der Waals surface area (Å²) in [6.45, 7) is 3.01. The summed E-state index contributed by atoms with van der Waals surface area (Å²) in [6, 6.07) is 4.78. The maximum atomic E-state index is 12.4. The molecule has 0 unspecified atom stereocenters. The fourth-order valence-electron chi connectivity index (χ4n) is 2.19. The maximum absolute atomic E-state index is 12.4. The van der Waals surface area contributed by atoms with Gasteiger partial charge in [0.2, 0.25) is 5.91 Å². The third-order valence-electron chi connectivity index (χ3n) is 3.33. The Labute approximate surface area is 127 Å². The molecule has 1 saturated heterocycles. The molecule has 0 bridgehead atoms. The van der Waals surface area contributed by atoms with Gasteiger partial charge in [0.25, 0.3) is 0 Å². The van der Waals surface area contributed by atoms with Crippen molar-refractivity contribution in [2.45, 2.75) is 19.0 Å². The molecule has 1 N–H and O–H groups in total. The van der Waals surface area contributed by atoms with Gasteiger partial charge in [0.05, 0.1) is 12.0 Å². The largest absolute Gasteiger partial charge is 0.416 e. The van der Waals surface area contributed by atoms with Crippen molar-refractivity contribution in [3.63, 3.8) is 0 Å². The summed E-state index contributed by atoms with van der Waals surface area (Å²) in [5.41, 5.74) is -0.0760. The van der Waals surface area contributed by atoms with E-state index >= 15 is 0 Å². The molecular weight excluding hydrogens is 305 g/mol. The van der Waals surface area contributed by atoms with Crippen LogP contribution < -0.4 is 5.32 Å². The number of alkyl halides is 3. The summed E-state index contributed by atoms with van der Waals surface area (Å²) >= 11 is 0. The van der Waals surface area contributed by atoms with Gasteiger partial charge in [-0.1, -0.05) is 12.1 Å². The van der Waals surface area contributed by atoms with E-state index in [2.05, 4.69) is 5.32 Å². The van der Waals surface area contributed by atoms with Crippen LogP contribution >= 0.6 is 12.4 Å². The molecule has 1 aromatic rings. The van der Waals surface area contributed by atoms with E-state index in [4.69, 9.17) is 0 Å². The number of rotatable bonds is 2. The molecule has 1 fully saturated rings. The third kappa shape index (κ3) is 5.21. The van der Waals surface area contributed by atoms with Crippen molar-refractivity contribution in [3.05, 3.63) is 35.4 Å². The Kier molecular flexibility index (Phi) is 6.48. The molecule has 0 saturated carbocycles. The molecule has 21 heavy (non-hydrogen) atoms. The molecule has 118 valence electrons. The average Bonchev–Trinajstić information content (AvgIpc) is 2.67. The van der Waals surface area contributed by atoms with E-state index in [1.54, 1.807) is 4.90 Å². The Bertz CT molecular complexity index is 454. The molecule has 0 aromatic heterocycles. The lowest BCUT2D eigenvalue weighted by Crippen LogP contribution is -2.35. The van der Waals surface area contributed by atoms with E-state index in [-0.39, 0.29) is 24.7 Å². The molecule has 3 nitrogen and oxygen atoms in total. The van der Waals surface area contributed by atoms with Gasteiger partial charge in [-0.3, -0.25) is 4.79 Å². The highest BCUT2D eigenvalue weighted by Crippen LogP contribution is 2.29. The molecule has 0 aliphatic carbocycles. The van der Waals surface area contributed by atoms with Gasteiger partial charge in [0.1, 0.15) is 0 Å². The zero-order valence-corrected chi connectivity index (χ0v) is 12.3. The summed E-state index contributed by atoms with van der Waals surface area (Å²) in [5, 5.41) is 3.20. The Morgan fingerprint density at radius 2 is 1.81 bits per heavy atom. The Hall–Kier alpha value is -1.27. The van der Waals surface area contributed by atoms with Crippen LogP contribution in [0.1, 0.15) is 17.5 Å². The number of halogens is 4. The zero-order valence-electron chi connectivity index (χ0n) is 11.4. The molecule has 2 rings (SSSR count). The second-order valence-corrected chi connectivity index (χ2v) is 4.86. The van der Waals surface area contributed by atoms with Crippen LogP contribution in [0.3, 0.4) is 0 Å². The highest BCUT2D eigenvalue weighted by atomic mass is 35.5. The van der Waals surface area contributed by atoms with Crippen molar-refractivity contribution in [2.75, 3.05) is 26.2 Å². The second-order valence-electron chi connectivity index (χ2n) is 4.86. The predicted octanol–water partition coefficient (Wildman–Crippen LogP) is 2.49. The average molecular weight is 323 g/mol. The van der Waals surface area contributed by atoms with E-state index in [1.165, 1.54) is 12.1 Å². The monoisotopic (exact) mass is 322 g/mol. The van der Waals surface area contributed by atoms with Crippen LogP contribution in [-0.2, 0) is 17.4 Å². The van der Waals surface area contributed by atoms with Crippen molar-refractivity contribution < 1.29 is 18.0 Å². The fraction of sp³-hybridized carbons (Fsp3) is 0.500. The van der Waals surface area contributed by atoms with Gasteiger partial charge in [0.15, 0.2) is 0 Å². The standard InChI is InChI=1S/C14H17F3N2O.ClH/c15-14(16,17)12-4-2-11(3-5-12)10-13(20)19-8-1-6-18-7-9-19;/h2-5,18H,1,6-10H2;1H. The Balaban J connectivity index is 0.00000220. The quantitative estimate of drug-likeness (QED) is 0.907. The summed E-state index contributed by atoms with van der Waals surface area (Å²) in [5.74, 6) is -0.0338. The van der Waals surface area contributed by atoms with Crippen LogP contribution in [0.4, 0.5) is 13.2 Å². The van der Waals surface area contributed by atoms with Gasteiger partial charge in [-0.15, -0.1) is 12.4 Å². The van der Waals surface area contributed by atoms with Gasteiger partial charge >= 0.3 is 6.18 Å². The Morgan fingerprint density at radius 3 is 2.43 bits per heavy atom. The molecule has 1 aliphatic rings. The first-order chi connectivity index (χ1) is 9.47. The number of amides is 1. The lowest BCUT2D eigenvalue weighted by atomic mass is 10.1. The number of hydrogen-bond donors (Lipinski definition) is 1. The van der Waals surface area contributed by atoms with Crippen LogP contribution in [0.2, 0.25) is 0 Å². The van der Waals surface area contributed by atoms with E-state index in [0.29, 0.717) is 18.7 Å². The summed E-state index contributed by atoms with van der Waals surface area (Å²) < 4.78 is 37.3. The molecule has 0 atom stereocenters. The number of hydrogen-bond acceptors (Lipinski definition) is 2. The van der Waals surface area contributed by atoms with Crippen LogP contribution in [0.5, 0.6) is 0 Å². The van der Waals surface area contributed by atoms with Crippen LogP contribution in [0.15, 0.2) is 24.3 Å². The lowest BCUT2D eigenvalue weighted by molar-refractivity contribution is -0.137. The summed E-state index contributed by atoms with van der Waals surface area (Å²) in [6.07, 6.45) is -3.28. The number of nitrogens with one attached hydrogen (secondary N) is 1. The van der Waals surface area contributed by atoms with Crippen LogP contribution in [0, 0.1) is 0 Å². The minimum atomic E-state index is -4.33. The minimum absolute atomic E-state index is 0. The van der Waals surface area contributed by atoms with Crippen molar-refractivity contribution in [1.82, 2.24) is 10.2 Å². The van der Waals surface area contributed by atoms with E-state index in [0.717, 1.165) is 31.6 Å². The van der Waals surface area contributed by atoms with Crippen molar-refractivity contribution in [2.24, 2.45) is 0 Å². The van der Waals surface area contributed by atoms with Gasteiger partial charge in [-0.25, -0.2) is 0 Å². The molecule has 7 heteroatoms. The zero-order chi connectivity index (χ0) is 14.6. The lowest BCUT2D eigenvalue weighted by Gasteiger charge is -2.20. The highest BCUT2D eigenvalue weighted by molar-refractivity contribution is 5.85. The normalized spacial score (nSPS) is 16.0. The van der Waals surface area contributed by atoms with Crippen molar-refractivity contribution in [3.8, 4) is 0 Å². The highest BCUT2D eigenvalue weighted by Gasteiger charge is 2.30. The maximum Gasteiger partial charge on any atom is 0.416 e. The fourth-order valence-corrected chi connectivity index (χ4v) is 2.19. The molecule has 1 aliphatic heterocycles. The second kappa shape index (κ2) is 7.66. The van der Waals surface area contributed by atoms with E-state index in [9.17, 15) is 18.0 Å². The predicted molar refractivity (Wildman–Crippen MR) is 76.5 cm³/mol. The molecular formula is C14H18ClF3N2O. The molecule has 0 spiro atoms. The first-order valence-electron chi connectivity index (χ1n) is 6.61. The van der Waals surface area contributed by atoms with Crippen molar-refractivity contribution >= 4 is 18.3 Å². The number of carbonyl (C=O) groups excluding carboxylic acids is 1. The molecule has 0 radical (unpaired) electrons. The van der Waals surface area contributed by atoms with E-state index in [1.807, 2.05) is 0 Å². The number of benzene rings is 1. The topological polar surface area (TPSA) is 32.3 Å². The smallest absolute Gasteiger partial charge is 0.341 e. The van der Waals surface area contributed by atoms with Gasteiger partial charge in [-0.05, 0) is 30.7 Å². The first-order valence-corrected chi connectivity index (χ1v) is 6.61. The first kappa shape index (κ1) is 17.8. The minimum Gasteiger partial charge on any atom is -0.341 e. The number of nitrogens with zero attached hydrogens (tertiary/aromatic N) is 1. The molecule has 1 heterocycles.